The number of rotatable bonds is 12. The van der Waals surface area contributed by atoms with E-state index in [1.807, 2.05) is 12.1 Å². The number of carbonyl (C=O) groups excluding carboxylic acids is 1. The number of nitrogens with one attached hydrogen (secondary N) is 4. The molecule has 2 aromatic rings. The fourth-order valence-corrected chi connectivity index (χ4v) is 2.67. The second-order valence-corrected chi connectivity index (χ2v) is 7.13. The molecule has 0 radical (unpaired) electrons. The zero-order valence-corrected chi connectivity index (χ0v) is 18.8. The molecular formula is C24H31N7O. The van der Waals surface area contributed by atoms with E-state index >= 15 is 0 Å². The first-order chi connectivity index (χ1) is 15.7. The largest absolute Gasteiger partial charge is 0.369 e. The highest BCUT2D eigenvalue weighted by molar-refractivity contribution is 5.77. The van der Waals surface area contributed by atoms with Gasteiger partial charge in [0.15, 0.2) is 0 Å². The van der Waals surface area contributed by atoms with E-state index in [-0.39, 0.29) is 5.91 Å². The molecule has 168 valence electrons. The molecule has 2 rings (SSSR count). The van der Waals surface area contributed by atoms with Gasteiger partial charge in [-0.3, -0.25) is 4.79 Å². The zero-order chi connectivity index (χ0) is 23.0. The van der Waals surface area contributed by atoms with Gasteiger partial charge in [-0.1, -0.05) is 25.7 Å². The standard InChI is InChI=1S/C24H31N7O/c1-3-13-26-18-22(32)27-15-7-5-6-8-20-17-29-24(31-23(20)28-14-4-2)30-21-11-9-19(16-25)10-12-21/h9-12,17,26H,3-5,7,13-15,18H2,1-2H3,(H,27,32)(H2,28,29,30,31). The first kappa shape index (κ1) is 24.6. The van der Waals surface area contributed by atoms with E-state index in [4.69, 9.17) is 5.26 Å². The van der Waals surface area contributed by atoms with Crippen molar-refractivity contribution < 1.29 is 4.79 Å². The molecule has 0 bridgehead atoms. The smallest absolute Gasteiger partial charge is 0.233 e. The Bertz CT molecular complexity index is 955. The first-order valence-electron chi connectivity index (χ1n) is 11.0. The molecule has 0 unspecified atom stereocenters. The Kier molecular flexibility index (Phi) is 11.1. The van der Waals surface area contributed by atoms with Gasteiger partial charge in [-0.25, -0.2) is 4.98 Å². The summed E-state index contributed by atoms with van der Waals surface area (Å²) in [5.41, 5.74) is 2.13. The van der Waals surface area contributed by atoms with Crippen LogP contribution < -0.4 is 21.3 Å². The quantitative estimate of drug-likeness (QED) is 0.300. The molecule has 0 aliphatic rings. The lowest BCUT2D eigenvalue weighted by Gasteiger charge is -2.10. The minimum atomic E-state index is 0.0104. The predicted octanol–water partition coefficient (Wildman–Crippen LogP) is 3.16. The van der Waals surface area contributed by atoms with Crippen LogP contribution in [0.5, 0.6) is 0 Å². The van der Waals surface area contributed by atoms with E-state index in [9.17, 15) is 4.79 Å². The number of hydrogen-bond acceptors (Lipinski definition) is 7. The van der Waals surface area contributed by atoms with Gasteiger partial charge in [-0.15, -0.1) is 0 Å². The SMILES string of the molecule is CCCNCC(=O)NCCCC#Cc1cnc(Nc2ccc(C#N)cc2)nc1NCCC. The van der Waals surface area contributed by atoms with Crippen molar-refractivity contribution >= 4 is 23.4 Å². The van der Waals surface area contributed by atoms with E-state index in [1.54, 1.807) is 18.3 Å². The Morgan fingerprint density at radius 1 is 1.09 bits per heavy atom. The van der Waals surface area contributed by atoms with E-state index in [0.717, 1.165) is 43.6 Å². The van der Waals surface area contributed by atoms with Gasteiger partial charge >= 0.3 is 0 Å². The summed E-state index contributed by atoms with van der Waals surface area (Å²) in [6.07, 6.45) is 5.12. The van der Waals surface area contributed by atoms with Gasteiger partial charge in [-0.2, -0.15) is 10.2 Å². The highest BCUT2D eigenvalue weighted by atomic mass is 16.1. The highest BCUT2D eigenvalue weighted by Crippen LogP contribution is 2.17. The van der Waals surface area contributed by atoms with Crippen LogP contribution in [0.15, 0.2) is 30.5 Å². The van der Waals surface area contributed by atoms with Crippen LogP contribution in [-0.4, -0.2) is 42.1 Å². The fourth-order valence-electron chi connectivity index (χ4n) is 2.67. The molecule has 0 atom stereocenters. The van der Waals surface area contributed by atoms with Crippen LogP contribution in [0.25, 0.3) is 0 Å². The third-order valence-corrected chi connectivity index (χ3v) is 4.34. The van der Waals surface area contributed by atoms with Crippen molar-refractivity contribution in [3.05, 3.63) is 41.6 Å². The third-order valence-electron chi connectivity index (χ3n) is 4.34. The lowest BCUT2D eigenvalue weighted by atomic mass is 10.2. The average molecular weight is 434 g/mol. The predicted molar refractivity (Wildman–Crippen MR) is 128 cm³/mol. The van der Waals surface area contributed by atoms with E-state index in [0.29, 0.717) is 36.8 Å². The van der Waals surface area contributed by atoms with E-state index < -0.39 is 0 Å². The van der Waals surface area contributed by atoms with Crippen LogP contribution in [0.1, 0.15) is 50.7 Å². The second kappa shape index (κ2) is 14.4. The number of benzene rings is 1. The summed E-state index contributed by atoms with van der Waals surface area (Å²) in [6, 6.07) is 9.20. The summed E-state index contributed by atoms with van der Waals surface area (Å²) >= 11 is 0. The molecule has 1 amide bonds. The molecule has 8 nitrogen and oxygen atoms in total. The Balaban J connectivity index is 1.91. The summed E-state index contributed by atoms with van der Waals surface area (Å²) in [4.78, 5) is 20.6. The van der Waals surface area contributed by atoms with E-state index in [1.165, 1.54) is 0 Å². The van der Waals surface area contributed by atoms with Crippen molar-refractivity contribution in [1.82, 2.24) is 20.6 Å². The topological polar surface area (TPSA) is 115 Å². The van der Waals surface area contributed by atoms with Gasteiger partial charge in [0.2, 0.25) is 11.9 Å². The Morgan fingerprint density at radius 2 is 1.88 bits per heavy atom. The highest BCUT2D eigenvalue weighted by Gasteiger charge is 2.06. The molecule has 8 heteroatoms. The van der Waals surface area contributed by atoms with Crippen LogP contribution >= 0.6 is 0 Å². The normalized spacial score (nSPS) is 9.91. The number of aromatic nitrogens is 2. The van der Waals surface area contributed by atoms with Crippen LogP contribution in [0.2, 0.25) is 0 Å². The maximum absolute atomic E-state index is 11.7. The molecule has 0 saturated carbocycles. The molecule has 0 aliphatic carbocycles. The number of nitriles is 1. The molecule has 0 aliphatic heterocycles. The van der Waals surface area contributed by atoms with Crippen molar-refractivity contribution in [2.75, 3.05) is 36.8 Å². The molecule has 4 N–H and O–H groups in total. The van der Waals surface area contributed by atoms with Gasteiger partial charge in [0, 0.05) is 25.2 Å². The molecule has 1 aromatic heterocycles. The molecule has 0 spiro atoms. The molecule has 0 fully saturated rings. The molecule has 1 heterocycles. The number of unbranched alkanes of at least 4 members (excludes halogenated alkanes) is 1. The average Bonchev–Trinajstić information content (AvgIpc) is 2.81. The Hall–Kier alpha value is -3.62. The molecule has 32 heavy (non-hydrogen) atoms. The van der Waals surface area contributed by atoms with Crippen molar-refractivity contribution in [2.45, 2.75) is 39.5 Å². The molecule has 0 saturated heterocycles. The minimum Gasteiger partial charge on any atom is -0.369 e. The minimum absolute atomic E-state index is 0.0104. The molecule has 1 aromatic carbocycles. The van der Waals surface area contributed by atoms with Crippen LogP contribution in [0, 0.1) is 23.2 Å². The lowest BCUT2D eigenvalue weighted by Crippen LogP contribution is -2.34. The Labute approximate surface area is 190 Å². The monoisotopic (exact) mass is 433 g/mol. The number of anilines is 3. The number of carbonyl (C=O) groups is 1. The maximum Gasteiger partial charge on any atom is 0.233 e. The van der Waals surface area contributed by atoms with Crippen LogP contribution in [0.4, 0.5) is 17.5 Å². The lowest BCUT2D eigenvalue weighted by molar-refractivity contribution is -0.120. The van der Waals surface area contributed by atoms with Crippen molar-refractivity contribution in [1.29, 1.82) is 5.26 Å². The molecular weight excluding hydrogens is 402 g/mol. The summed E-state index contributed by atoms with van der Waals surface area (Å²) in [5.74, 6) is 7.42. The third kappa shape index (κ3) is 9.03. The van der Waals surface area contributed by atoms with Gasteiger partial charge in [0.1, 0.15) is 5.82 Å². The van der Waals surface area contributed by atoms with Crippen molar-refractivity contribution in [3.63, 3.8) is 0 Å². The number of hydrogen-bond donors (Lipinski definition) is 4. The van der Waals surface area contributed by atoms with Crippen LogP contribution in [0.3, 0.4) is 0 Å². The summed E-state index contributed by atoms with van der Waals surface area (Å²) in [6.45, 7) is 6.73. The van der Waals surface area contributed by atoms with Crippen LogP contribution in [-0.2, 0) is 4.79 Å². The van der Waals surface area contributed by atoms with Gasteiger partial charge in [0.25, 0.3) is 0 Å². The van der Waals surface area contributed by atoms with Gasteiger partial charge in [0.05, 0.1) is 29.9 Å². The van der Waals surface area contributed by atoms with Crippen molar-refractivity contribution in [2.24, 2.45) is 0 Å². The van der Waals surface area contributed by atoms with Gasteiger partial charge in [-0.05, 0) is 50.1 Å². The first-order valence-corrected chi connectivity index (χ1v) is 11.0. The van der Waals surface area contributed by atoms with Gasteiger partial charge < -0.3 is 21.3 Å². The zero-order valence-electron chi connectivity index (χ0n) is 18.8. The van der Waals surface area contributed by atoms with Crippen molar-refractivity contribution in [3.8, 4) is 17.9 Å². The Morgan fingerprint density at radius 3 is 2.59 bits per heavy atom. The number of nitrogens with zero attached hydrogens (tertiary/aromatic N) is 3. The second-order valence-electron chi connectivity index (χ2n) is 7.13. The maximum atomic E-state index is 11.7. The summed E-state index contributed by atoms with van der Waals surface area (Å²) < 4.78 is 0. The fraction of sp³-hybridized carbons (Fsp3) is 0.417. The summed E-state index contributed by atoms with van der Waals surface area (Å²) in [7, 11) is 0. The van der Waals surface area contributed by atoms with E-state index in [2.05, 4.69) is 63.0 Å². The number of amides is 1. The summed E-state index contributed by atoms with van der Waals surface area (Å²) in [5, 5.41) is 21.3.